The fraction of sp³-hybridized carbons (Fsp3) is 0.636. The molecule has 2 N–H and O–H groups in total. The molecule has 1 amide bonds. The fourth-order valence-electron chi connectivity index (χ4n) is 4.37. The topological polar surface area (TPSA) is 63.4 Å². The quantitative estimate of drug-likeness (QED) is 0.822. The Balaban J connectivity index is 1.52. The minimum Gasteiger partial charge on any atom is -0.342 e. The molecule has 4 nitrogen and oxygen atoms in total. The van der Waals surface area contributed by atoms with Gasteiger partial charge in [0.25, 0.3) is 0 Å². The average molecular weight is 357 g/mol. The number of likely N-dealkylation sites (tertiary alicyclic amines) is 1. The third kappa shape index (κ3) is 4.53. The number of carbonyl (C=O) groups excluding carboxylic acids is 2. The van der Waals surface area contributed by atoms with Gasteiger partial charge >= 0.3 is 0 Å². The first-order valence-corrected chi connectivity index (χ1v) is 10.1. The molecule has 2 fully saturated rings. The van der Waals surface area contributed by atoms with Crippen molar-refractivity contribution in [2.24, 2.45) is 23.5 Å². The van der Waals surface area contributed by atoms with Crippen molar-refractivity contribution in [3.63, 3.8) is 0 Å². The van der Waals surface area contributed by atoms with Crippen LogP contribution in [0.4, 0.5) is 0 Å². The monoisotopic (exact) mass is 356 g/mol. The van der Waals surface area contributed by atoms with Crippen LogP contribution in [-0.2, 0) is 11.2 Å². The van der Waals surface area contributed by atoms with Gasteiger partial charge in [-0.25, -0.2) is 0 Å². The van der Waals surface area contributed by atoms with E-state index >= 15 is 0 Å². The second-order valence-corrected chi connectivity index (χ2v) is 8.53. The molecule has 2 atom stereocenters. The summed E-state index contributed by atoms with van der Waals surface area (Å²) in [7, 11) is 0. The molecule has 3 rings (SSSR count). The second-order valence-electron chi connectivity index (χ2n) is 8.53. The van der Waals surface area contributed by atoms with Gasteiger partial charge in [-0.1, -0.05) is 38.1 Å². The normalized spacial score (nSPS) is 24.2. The summed E-state index contributed by atoms with van der Waals surface area (Å²) in [5.74, 6) is 1.25. The van der Waals surface area contributed by atoms with Crippen molar-refractivity contribution >= 4 is 11.7 Å². The number of nitrogens with two attached hydrogens (primary N) is 1. The van der Waals surface area contributed by atoms with Gasteiger partial charge < -0.3 is 10.6 Å². The van der Waals surface area contributed by atoms with Crippen molar-refractivity contribution < 1.29 is 9.59 Å². The van der Waals surface area contributed by atoms with E-state index in [0.717, 1.165) is 44.1 Å². The van der Waals surface area contributed by atoms with Crippen molar-refractivity contribution in [1.29, 1.82) is 0 Å². The van der Waals surface area contributed by atoms with Crippen molar-refractivity contribution in [2.45, 2.75) is 58.4 Å². The summed E-state index contributed by atoms with van der Waals surface area (Å²) in [6, 6.07) is 8.28. The molecule has 0 aromatic heterocycles. The van der Waals surface area contributed by atoms with E-state index in [9.17, 15) is 9.59 Å². The average Bonchev–Trinajstić information content (AvgIpc) is 3.07. The number of piperidine rings is 1. The molecule has 2 unspecified atom stereocenters. The number of hydrogen-bond donors (Lipinski definition) is 1. The molecule has 1 aromatic rings. The van der Waals surface area contributed by atoms with Gasteiger partial charge in [-0.3, -0.25) is 9.59 Å². The molecule has 1 saturated heterocycles. The zero-order valence-corrected chi connectivity index (χ0v) is 16.1. The molecule has 0 bridgehead atoms. The lowest BCUT2D eigenvalue weighted by molar-refractivity contribution is -0.136. The maximum Gasteiger partial charge on any atom is 0.225 e. The number of nitrogens with zero attached hydrogens (tertiary/aromatic N) is 1. The summed E-state index contributed by atoms with van der Waals surface area (Å²) < 4.78 is 0. The van der Waals surface area contributed by atoms with Gasteiger partial charge in [-0.2, -0.15) is 0 Å². The van der Waals surface area contributed by atoms with E-state index in [0.29, 0.717) is 19.0 Å². The third-order valence-electron chi connectivity index (χ3n) is 5.88. The summed E-state index contributed by atoms with van der Waals surface area (Å²) in [5.41, 5.74) is 8.03. The lowest BCUT2D eigenvalue weighted by atomic mass is 9.88. The van der Waals surface area contributed by atoms with E-state index in [-0.39, 0.29) is 29.6 Å². The first-order valence-electron chi connectivity index (χ1n) is 10.1. The molecule has 4 heteroatoms. The third-order valence-corrected chi connectivity index (χ3v) is 5.88. The molecule has 0 spiro atoms. The molecule has 1 aliphatic heterocycles. The van der Waals surface area contributed by atoms with Crippen molar-refractivity contribution in [1.82, 2.24) is 4.90 Å². The smallest absolute Gasteiger partial charge is 0.225 e. The van der Waals surface area contributed by atoms with Gasteiger partial charge in [0.2, 0.25) is 5.91 Å². The summed E-state index contributed by atoms with van der Waals surface area (Å²) in [6.45, 7) is 5.81. The molecular formula is C22H32N2O2. The lowest BCUT2D eigenvalue weighted by Crippen LogP contribution is -2.43. The predicted octanol–water partition coefficient (Wildman–Crippen LogP) is 3.43. The van der Waals surface area contributed by atoms with E-state index < -0.39 is 0 Å². The highest BCUT2D eigenvalue weighted by Gasteiger charge is 2.34. The zero-order valence-electron chi connectivity index (χ0n) is 16.1. The Labute approximate surface area is 157 Å². The van der Waals surface area contributed by atoms with Crippen LogP contribution in [0.1, 0.15) is 61.9 Å². The lowest BCUT2D eigenvalue weighted by Gasteiger charge is -2.33. The van der Waals surface area contributed by atoms with Crippen LogP contribution in [0.25, 0.3) is 0 Å². The van der Waals surface area contributed by atoms with Crippen LogP contribution in [-0.4, -0.2) is 35.7 Å². The molecule has 26 heavy (non-hydrogen) atoms. The number of ketones is 1. The fourth-order valence-corrected chi connectivity index (χ4v) is 4.37. The van der Waals surface area contributed by atoms with E-state index in [1.54, 1.807) is 0 Å². The second kappa shape index (κ2) is 8.34. The Hall–Kier alpha value is -1.68. The molecule has 1 saturated carbocycles. The number of carbonyl (C=O) groups is 2. The summed E-state index contributed by atoms with van der Waals surface area (Å²) in [6.07, 6.45) is 5.29. The minimum atomic E-state index is 0.0424. The van der Waals surface area contributed by atoms with E-state index in [2.05, 4.69) is 26.0 Å². The number of benzene rings is 1. The van der Waals surface area contributed by atoms with E-state index in [1.165, 1.54) is 5.56 Å². The van der Waals surface area contributed by atoms with E-state index in [4.69, 9.17) is 5.73 Å². The first-order chi connectivity index (χ1) is 12.4. The molecule has 1 aromatic carbocycles. The van der Waals surface area contributed by atoms with E-state index in [1.807, 2.05) is 17.0 Å². The predicted molar refractivity (Wildman–Crippen MR) is 104 cm³/mol. The van der Waals surface area contributed by atoms with Gasteiger partial charge in [0.1, 0.15) is 0 Å². The van der Waals surface area contributed by atoms with Gasteiger partial charge in [-0.05, 0) is 50.0 Å². The van der Waals surface area contributed by atoms with Crippen molar-refractivity contribution in [3.05, 3.63) is 35.4 Å². The highest BCUT2D eigenvalue weighted by atomic mass is 16.2. The Morgan fingerprint density at radius 1 is 1.04 bits per heavy atom. The Morgan fingerprint density at radius 2 is 1.69 bits per heavy atom. The van der Waals surface area contributed by atoms with Crippen LogP contribution in [0.15, 0.2) is 24.3 Å². The Morgan fingerprint density at radius 3 is 2.23 bits per heavy atom. The molecule has 2 aliphatic rings. The number of rotatable bonds is 5. The highest BCUT2D eigenvalue weighted by molar-refractivity contribution is 5.98. The van der Waals surface area contributed by atoms with Crippen molar-refractivity contribution in [2.75, 3.05) is 13.1 Å². The highest BCUT2D eigenvalue weighted by Crippen LogP contribution is 2.29. The van der Waals surface area contributed by atoms with Gasteiger partial charge in [-0.15, -0.1) is 0 Å². The van der Waals surface area contributed by atoms with Crippen LogP contribution in [0.3, 0.4) is 0 Å². The van der Waals surface area contributed by atoms with Crippen LogP contribution in [0.5, 0.6) is 0 Å². The van der Waals surface area contributed by atoms with Crippen LogP contribution >= 0.6 is 0 Å². The molecule has 1 aliphatic carbocycles. The number of Topliss-reactive ketones (excluding diaryl/α,β-unsaturated/α-hetero) is 1. The molecule has 0 radical (unpaired) electrons. The maximum atomic E-state index is 12.8. The molecule has 1 heterocycles. The number of amides is 1. The number of hydrogen-bond acceptors (Lipinski definition) is 3. The van der Waals surface area contributed by atoms with Crippen molar-refractivity contribution in [3.8, 4) is 0 Å². The maximum absolute atomic E-state index is 12.8. The molecule has 142 valence electrons. The van der Waals surface area contributed by atoms with Crippen LogP contribution in [0, 0.1) is 17.8 Å². The Bertz CT molecular complexity index is 630. The SMILES string of the molecule is CC(C)Cc1ccc(C(=O)C2CCN(C(=O)C3CCC(N)C3)CC2)cc1. The zero-order chi connectivity index (χ0) is 18.7. The first kappa shape index (κ1) is 19.1. The largest absolute Gasteiger partial charge is 0.342 e. The van der Waals surface area contributed by atoms with Gasteiger partial charge in [0.15, 0.2) is 5.78 Å². The van der Waals surface area contributed by atoms with Crippen LogP contribution in [0.2, 0.25) is 0 Å². The minimum absolute atomic E-state index is 0.0424. The summed E-state index contributed by atoms with van der Waals surface area (Å²) >= 11 is 0. The Kier molecular flexibility index (Phi) is 6.13. The standard InChI is InChI=1S/C22H32N2O2/c1-15(2)13-16-3-5-17(6-4-16)21(25)18-9-11-24(12-10-18)22(26)19-7-8-20(23)14-19/h3-6,15,18-20H,7-14,23H2,1-2H3. The summed E-state index contributed by atoms with van der Waals surface area (Å²) in [4.78, 5) is 27.3. The molecular weight excluding hydrogens is 324 g/mol. The summed E-state index contributed by atoms with van der Waals surface area (Å²) in [5, 5.41) is 0. The van der Waals surface area contributed by atoms with Crippen LogP contribution < -0.4 is 5.73 Å². The van der Waals surface area contributed by atoms with Gasteiger partial charge in [0.05, 0.1) is 0 Å². The van der Waals surface area contributed by atoms with Gasteiger partial charge in [0, 0.05) is 36.5 Å².